The first-order valence-corrected chi connectivity index (χ1v) is 12.5. The SMILES string of the molecule is Cc1ccc(NC(=O)c2cnc(C(C)NC(O)c3ncnc(N)c3CN3CCCC3)s2)cc1C(F)(F)F. The summed E-state index contributed by atoms with van der Waals surface area (Å²) in [7, 11) is 0. The number of carbonyl (C=O) groups is 1. The van der Waals surface area contributed by atoms with Gasteiger partial charge in [0.1, 0.15) is 28.3 Å². The smallest absolute Gasteiger partial charge is 0.383 e. The lowest BCUT2D eigenvalue weighted by molar-refractivity contribution is -0.138. The third-order valence-electron chi connectivity index (χ3n) is 6.18. The van der Waals surface area contributed by atoms with E-state index in [9.17, 15) is 23.1 Å². The number of anilines is 2. The van der Waals surface area contributed by atoms with Crippen LogP contribution in [0.15, 0.2) is 30.7 Å². The van der Waals surface area contributed by atoms with Crippen LogP contribution in [0.3, 0.4) is 0 Å². The average Bonchev–Trinajstić information content (AvgIpc) is 3.53. The van der Waals surface area contributed by atoms with E-state index in [0.717, 1.165) is 43.3 Å². The number of aryl methyl sites for hydroxylation is 1. The average molecular weight is 536 g/mol. The minimum absolute atomic E-state index is 0.0337. The zero-order chi connectivity index (χ0) is 26.7. The number of nitrogens with zero attached hydrogens (tertiary/aromatic N) is 4. The molecular weight excluding hydrogens is 507 g/mol. The lowest BCUT2D eigenvalue weighted by atomic mass is 10.1. The molecule has 1 aromatic carbocycles. The summed E-state index contributed by atoms with van der Waals surface area (Å²) in [5.74, 6) is -0.270. The number of alkyl halides is 3. The first kappa shape index (κ1) is 26.9. The van der Waals surface area contributed by atoms with Crippen LogP contribution in [0.2, 0.25) is 0 Å². The van der Waals surface area contributed by atoms with Crippen molar-refractivity contribution in [1.82, 2.24) is 25.2 Å². The molecule has 3 aromatic rings. The summed E-state index contributed by atoms with van der Waals surface area (Å²) in [5, 5.41) is 16.9. The van der Waals surface area contributed by atoms with Crippen molar-refractivity contribution in [2.24, 2.45) is 0 Å². The molecule has 0 radical (unpaired) electrons. The van der Waals surface area contributed by atoms with Crippen molar-refractivity contribution in [3.63, 3.8) is 0 Å². The van der Waals surface area contributed by atoms with Gasteiger partial charge >= 0.3 is 6.18 Å². The maximum atomic E-state index is 13.2. The van der Waals surface area contributed by atoms with Crippen LogP contribution in [0, 0.1) is 6.92 Å². The quantitative estimate of drug-likeness (QED) is 0.318. The number of likely N-dealkylation sites (tertiary alicyclic amines) is 1. The van der Waals surface area contributed by atoms with E-state index in [2.05, 4.69) is 30.5 Å². The van der Waals surface area contributed by atoms with Crippen LogP contribution >= 0.6 is 11.3 Å². The molecule has 2 unspecified atom stereocenters. The summed E-state index contributed by atoms with van der Waals surface area (Å²) in [6.45, 7) is 5.54. The van der Waals surface area contributed by atoms with Gasteiger partial charge in [-0.3, -0.25) is 15.0 Å². The van der Waals surface area contributed by atoms with Crippen molar-refractivity contribution < 1.29 is 23.1 Å². The molecule has 4 rings (SSSR count). The van der Waals surface area contributed by atoms with Gasteiger partial charge in [-0.05, 0) is 57.5 Å². The number of aliphatic hydroxyl groups is 1. The highest BCUT2D eigenvalue weighted by Crippen LogP contribution is 2.34. The lowest BCUT2D eigenvalue weighted by Gasteiger charge is -2.22. The Labute approximate surface area is 216 Å². The van der Waals surface area contributed by atoms with E-state index in [0.29, 0.717) is 28.6 Å². The number of carbonyl (C=O) groups excluding carboxylic acids is 1. The van der Waals surface area contributed by atoms with Crippen LogP contribution in [0.1, 0.15) is 69.1 Å². The van der Waals surface area contributed by atoms with Gasteiger partial charge in [0.05, 0.1) is 23.5 Å². The Bertz CT molecular complexity index is 1260. The predicted molar refractivity (Wildman–Crippen MR) is 134 cm³/mol. The number of benzene rings is 1. The van der Waals surface area contributed by atoms with Crippen molar-refractivity contribution >= 4 is 28.7 Å². The number of rotatable bonds is 8. The van der Waals surface area contributed by atoms with Crippen LogP contribution in [-0.4, -0.2) is 44.0 Å². The Morgan fingerprint density at radius 2 is 1.97 bits per heavy atom. The van der Waals surface area contributed by atoms with Gasteiger partial charge in [0, 0.05) is 17.8 Å². The van der Waals surface area contributed by atoms with E-state index in [1.54, 1.807) is 6.92 Å². The van der Waals surface area contributed by atoms with E-state index in [-0.39, 0.29) is 16.1 Å². The van der Waals surface area contributed by atoms with E-state index >= 15 is 0 Å². The van der Waals surface area contributed by atoms with Gasteiger partial charge in [-0.1, -0.05) is 6.07 Å². The third kappa shape index (κ3) is 6.42. The topological polar surface area (TPSA) is 129 Å². The van der Waals surface area contributed by atoms with Crippen molar-refractivity contribution in [3.05, 3.63) is 63.0 Å². The summed E-state index contributed by atoms with van der Waals surface area (Å²) in [4.78, 5) is 27.7. The molecule has 3 heterocycles. The molecule has 1 fully saturated rings. The molecule has 13 heteroatoms. The highest BCUT2D eigenvalue weighted by atomic mass is 32.1. The number of aromatic nitrogens is 3. The van der Waals surface area contributed by atoms with Crippen molar-refractivity contribution in [1.29, 1.82) is 0 Å². The van der Waals surface area contributed by atoms with E-state index in [1.165, 1.54) is 31.6 Å². The number of halogens is 3. The Morgan fingerprint density at radius 3 is 2.68 bits per heavy atom. The molecule has 1 aliphatic rings. The van der Waals surface area contributed by atoms with Gasteiger partial charge in [0.15, 0.2) is 0 Å². The summed E-state index contributed by atoms with van der Waals surface area (Å²) in [6, 6.07) is 3.16. The monoisotopic (exact) mass is 535 g/mol. The first-order valence-electron chi connectivity index (χ1n) is 11.7. The fraction of sp³-hybridized carbons (Fsp3) is 0.417. The van der Waals surface area contributed by atoms with Gasteiger partial charge in [-0.25, -0.2) is 15.0 Å². The standard InChI is InChI=1S/C24H28F3N7O2S/c1-13-5-6-15(9-17(13)24(25,26)27)33-21(35)18-10-29-23(37-18)14(2)32-22(36)19-16(20(28)31-12-30-19)11-34-7-3-4-8-34/h5-6,9-10,12,14,22,32,36H,3-4,7-8,11H2,1-2H3,(H,33,35)(H2,28,30,31). The number of amides is 1. The molecular formula is C24H28F3N7O2S. The minimum atomic E-state index is -4.52. The van der Waals surface area contributed by atoms with Crippen molar-refractivity contribution in [2.75, 3.05) is 24.1 Å². The number of aliphatic hydroxyl groups excluding tert-OH is 1. The number of nitrogens with two attached hydrogens (primary N) is 1. The normalized spacial score (nSPS) is 16.1. The third-order valence-corrected chi connectivity index (χ3v) is 7.36. The van der Waals surface area contributed by atoms with Crippen LogP contribution in [0.5, 0.6) is 0 Å². The molecule has 0 aliphatic carbocycles. The molecule has 37 heavy (non-hydrogen) atoms. The Morgan fingerprint density at radius 1 is 1.24 bits per heavy atom. The molecule has 5 N–H and O–H groups in total. The van der Waals surface area contributed by atoms with Gasteiger partial charge in [0.25, 0.3) is 5.91 Å². The first-order chi connectivity index (χ1) is 17.5. The number of hydrogen-bond donors (Lipinski definition) is 4. The van der Waals surface area contributed by atoms with Gasteiger partial charge in [-0.15, -0.1) is 11.3 Å². The zero-order valence-electron chi connectivity index (χ0n) is 20.3. The number of nitrogens with one attached hydrogen (secondary N) is 2. The van der Waals surface area contributed by atoms with Gasteiger partial charge in [0.2, 0.25) is 0 Å². The summed E-state index contributed by atoms with van der Waals surface area (Å²) in [6.07, 6.45) is -0.822. The minimum Gasteiger partial charge on any atom is -0.383 e. The maximum absolute atomic E-state index is 13.2. The highest BCUT2D eigenvalue weighted by Gasteiger charge is 2.32. The summed E-state index contributed by atoms with van der Waals surface area (Å²) >= 11 is 1.07. The highest BCUT2D eigenvalue weighted by molar-refractivity contribution is 7.13. The molecule has 9 nitrogen and oxygen atoms in total. The second-order valence-corrected chi connectivity index (χ2v) is 10.0. The van der Waals surface area contributed by atoms with Gasteiger partial charge < -0.3 is 16.2 Å². The Balaban J connectivity index is 1.43. The fourth-order valence-corrected chi connectivity index (χ4v) is 5.00. The van der Waals surface area contributed by atoms with Gasteiger partial charge in [-0.2, -0.15) is 13.2 Å². The number of thiazole rings is 1. The molecule has 1 amide bonds. The number of nitrogen functional groups attached to an aromatic ring is 1. The zero-order valence-corrected chi connectivity index (χ0v) is 21.2. The molecule has 198 valence electrons. The predicted octanol–water partition coefficient (Wildman–Crippen LogP) is 4.03. The fourth-order valence-electron chi connectivity index (χ4n) is 4.18. The molecule has 0 saturated carbocycles. The summed E-state index contributed by atoms with van der Waals surface area (Å²) in [5.41, 5.74) is 6.41. The van der Waals surface area contributed by atoms with E-state index in [4.69, 9.17) is 5.73 Å². The molecule has 0 bridgehead atoms. The molecule has 1 saturated heterocycles. The van der Waals surface area contributed by atoms with E-state index < -0.39 is 29.9 Å². The second-order valence-electron chi connectivity index (χ2n) is 8.94. The second kappa shape index (κ2) is 11.1. The maximum Gasteiger partial charge on any atom is 0.416 e. The van der Waals surface area contributed by atoms with Crippen LogP contribution in [0.4, 0.5) is 24.7 Å². The molecule has 0 spiro atoms. The Hall–Kier alpha value is -3.13. The van der Waals surface area contributed by atoms with Crippen LogP contribution in [-0.2, 0) is 12.7 Å². The number of hydrogen-bond acceptors (Lipinski definition) is 9. The molecule has 1 aliphatic heterocycles. The summed E-state index contributed by atoms with van der Waals surface area (Å²) < 4.78 is 39.6. The molecule has 2 aromatic heterocycles. The van der Waals surface area contributed by atoms with Crippen molar-refractivity contribution in [3.8, 4) is 0 Å². The van der Waals surface area contributed by atoms with Crippen LogP contribution < -0.4 is 16.4 Å². The van der Waals surface area contributed by atoms with E-state index in [1.807, 2.05) is 0 Å². The Kier molecular flexibility index (Phi) is 8.07. The van der Waals surface area contributed by atoms with Crippen molar-refractivity contribution in [2.45, 2.75) is 51.7 Å². The lowest BCUT2D eigenvalue weighted by Crippen LogP contribution is -2.28. The molecule has 2 atom stereocenters. The largest absolute Gasteiger partial charge is 0.416 e. The van der Waals surface area contributed by atoms with Crippen LogP contribution in [0.25, 0.3) is 0 Å².